The molecule has 0 radical (unpaired) electrons. The molecule has 1 unspecified atom stereocenters. The van der Waals surface area contributed by atoms with Gasteiger partial charge in [0.1, 0.15) is 0 Å². The Kier molecular flexibility index (Phi) is 2.48. The van der Waals surface area contributed by atoms with E-state index in [1.54, 1.807) is 0 Å². The molecule has 1 N–H and O–H groups in total. The summed E-state index contributed by atoms with van der Waals surface area (Å²) >= 11 is 7.17. The second kappa shape index (κ2) is 3.74. The van der Waals surface area contributed by atoms with Crippen LogP contribution in [-0.4, -0.2) is 4.98 Å². The maximum Gasteiger partial charge on any atom is 0.0463 e. The second-order valence-electron chi connectivity index (χ2n) is 4.34. The predicted molar refractivity (Wildman–Crippen MR) is 75.8 cm³/mol. The van der Waals surface area contributed by atoms with Crippen molar-refractivity contribution in [2.45, 2.75) is 13.3 Å². The zero-order chi connectivity index (χ0) is 11.3. The van der Waals surface area contributed by atoms with E-state index in [0.717, 1.165) is 10.9 Å². The van der Waals surface area contributed by atoms with Crippen molar-refractivity contribution in [2.24, 2.45) is 5.92 Å². The minimum atomic E-state index is 0.573. The smallest absolute Gasteiger partial charge is 0.0463 e. The Morgan fingerprint density at radius 3 is 2.94 bits per heavy atom. The molecule has 1 atom stereocenters. The zero-order valence-corrected chi connectivity index (χ0v) is 12.0. The van der Waals surface area contributed by atoms with Crippen molar-refractivity contribution < 1.29 is 0 Å². The molecule has 1 nitrogen and oxygen atoms in total. The molecule has 1 aromatic heterocycles. The van der Waals surface area contributed by atoms with Crippen molar-refractivity contribution in [3.63, 3.8) is 0 Å². The van der Waals surface area contributed by atoms with Crippen LogP contribution in [0.25, 0.3) is 17.0 Å². The standard InChI is InChI=1S/C13H11Br2N/c1-7-4-13-10(6-11(7)15)9-5-8(14)2-3-12(9)16-13/h2-3,5-7,16H,4H2,1H3. The molecule has 2 aromatic rings. The maximum atomic E-state index is 3.65. The number of benzene rings is 1. The molecule has 1 aliphatic carbocycles. The molecule has 0 spiro atoms. The van der Waals surface area contributed by atoms with Crippen molar-refractivity contribution in [3.8, 4) is 0 Å². The molecule has 0 amide bonds. The van der Waals surface area contributed by atoms with Gasteiger partial charge in [-0.3, -0.25) is 0 Å². The van der Waals surface area contributed by atoms with Gasteiger partial charge in [-0.1, -0.05) is 38.8 Å². The Hall–Kier alpha value is -0.540. The van der Waals surface area contributed by atoms with Crippen LogP contribution in [-0.2, 0) is 6.42 Å². The van der Waals surface area contributed by atoms with Crippen LogP contribution in [0.5, 0.6) is 0 Å². The summed E-state index contributed by atoms with van der Waals surface area (Å²) in [5, 5.41) is 1.30. The van der Waals surface area contributed by atoms with Gasteiger partial charge in [-0.15, -0.1) is 0 Å². The van der Waals surface area contributed by atoms with Crippen molar-refractivity contribution in [3.05, 3.63) is 38.4 Å². The van der Waals surface area contributed by atoms with E-state index >= 15 is 0 Å². The summed E-state index contributed by atoms with van der Waals surface area (Å²) in [5.74, 6) is 0.573. The Morgan fingerprint density at radius 1 is 1.31 bits per heavy atom. The number of fused-ring (bicyclic) bond motifs is 3. The molecule has 1 heterocycles. The predicted octanol–water partition coefficient (Wildman–Crippen LogP) is 4.86. The number of H-pyrrole nitrogens is 1. The van der Waals surface area contributed by atoms with Gasteiger partial charge in [0.15, 0.2) is 0 Å². The molecule has 0 fully saturated rings. The highest BCUT2D eigenvalue weighted by Gasteiger charge is 2.19. The van der Waals surface area contributed by atoms with Gasteiger partial charge in [0.05, 0.1) is 0 Å². The van der Waals surface area contributed by atoms with Gasteiger partial charge < -0.3 is 4.98 Å². The summed E-state index contributed by atoms with van der Waals surface area (Å²) in [6.45, 7) is 2.24. The summed E-state index contributed by atoms with van der Waals surface area (Å²) in [6.07, 6.45) is 3.33. The van der Waals surface area contributed by atoms with Crippen LogP contribution in [0.3, 0.4) is 0 Å². The highest BCUT2D eigenvalue weighted by Crippen LogP contribution is 2.36. The third-order valence-electron chi connectivity index (χ3n) is 3.15. The SMILES string of the molecule is CC1Cc2[nH]c3ccc(Br)cc3c2C=C1Br. The number of allylic oxidation sites excluding steroid dienone is 1. The topological polar surface area (TPSA) is 15.8 Å². The molecule has 0 aliphatic heterocycles. The minimum Gasteiger partial charge on any atom is -0.358 e. The van der Waals surface area contributed by atoms with Gasteiger partial charge in [0, 0.05) is 26.6 Å². The lowest BCUT2D eigenvalue weighted by Crippen LogP contribution is -2.05. The summed E-state index contributed by atoms with van der Waals surface area (Å²) in [7, 11) is 0. The van der Waals surface area contributed by atoms with Crippen LogP contribution in [0.4, 0.5) is 0 Å². The Bertz CT molecular complexity index is 595. The number of nitrogens with one attached hydrogen (secondary N) is 1. The molecule has 3 rings (SSSR count). The fraction of sp³-hybridized carbons (Fsp3) is 0.231. The van der Waals surface area contributed by atoms with E-state index in [0.29, 0.717) is 5.92 Å². The van der Waals surface area contributed by atoms with E-state index in [4.69, 9.17) is 0 Å². The Labute approximate surface area is 111 Å². The summed E-state index contributed by atoms with van der Waals surface area (Å²) in [5.41, 5.74) is 3.91. The van der Waals surface area contributed by atoms with E-state index in [1.165, 1.54) is 26.6 Å². The average Bonchev–Trinajstić information content (AvgIpc) is 2.57. The lowest BCUT2D eigenvalue weighted by molar-refractivity contribution is 0.697. The van der Waals surface area contributed by atoms with Crippen molar-refractivity contribution >= 4 is 48.8 Å². The molecule has 1 aliphatic rings. The van der Waals surface area contributed by atoms with E-state index in [9.17, 15) is 0 Å². The van der Waals surface area contributed by atoms with E-state index in [2.05, 4.69) is 68.0 Å². The first-order valence-corrected chi connectivity index (χ1v) is 6.91. The fourth-order valence-corrected chi connectivity index (χ4v) is 3.00. The lowest BCUT2D eigenvalue weighted by atomic mass is 9.95. The molecule has 1 aromatic carbocycles. The first kappa shape index (κ1) is 10.6. The quantitative estimate of drug-likeness (QED) is 0.705. The van der Waals surface area contributed by atoms with Crippen LogP contribution in [0.2, 0.25) is 0 Å². The number of aromatic nitrogens is 1. The van der Waals surface area contributed by atoms with Crippen molar-refractivity contribution in [1.29, 1.82) is 0 Å². The summed E-state index contributed by atoms with van der Waals surface area (Å²) in [4.78, 5) is 3.51. The zero-order valence-electron chi connectivity index (χ0n) is 8.85. The van der Waals surface area contributed by atoms with Crippen LogP contribution in [0, 0.1) is 5.92 Å². The maximum absolute atomic E-state index is 3.65. The normalized spacial score (nSPS) is 19.7. The van der Waals surface area contributed by atoms with Crippen LogP contribution in [0.15, 0.2) is 27.2 Å². The third kappa shape index (κ3) is 1.57. The minimum absolute atomic E-state index is 0.573. The summed E-state index contributed by atoms with van der Waals surface area (Å²) < 4.78 is 2.42. The van der Waals surface area contributed by atoms with Crippen LogP contribution in [0.1, 0.15) is 18.2 Å². The van der Waals surface area contributed by atoms with Crippen LogP contribution < -0.4 is 0 Å². The lowest BCUT2D eigenvalue weighted by Gasteiger charge is -2.16. The molecule has 3 heteroatoms. The van der Waals surface area contributed by atoms with E-state index in [-0.39, 0.29) is 0 Å². The van der Waals surface area contributed by atoms with Gasteiger partial charge in [0.2, 0.25) is 0 Å². The van der Waals surface area contributed by atoms with Crippen molar-refractivity contribution in [2.75, 3.05) is 0 Å². The number of halogens is 2. The van der Waals surface area contributed by atoms with Gasteiger partial charge in [-0.2, -0.15) is 0 Å². The molecule has 82 valence electrons. The van der Waals surface area contributed by atoms with Crippen molar-refractivity contribution in [1.82, 2.24) is 4.98 Å². The molecule has 0 saturated heterocycles. The van der Waals surface area contributed by atoms with Gasteiger partial charge in [0.25, 0.3) is 0 Å². The van der Waals surface area contributed by atoms with Gasteiger partial charge >= 0.3 is 0 Å². The van der Waals surface area contributed by atoms with Gasteiger partial charge in [-0.25, -0.2) is 0 Å². The van der Waals surface area contributed by atoms with Crippen LogP contribution >= 0.6 is 31.9 Å². The Balaban J connectivity index is 2.31. The molecule has 0 saturated carbocycles. The molecular weight excluding hydrogens is 330 g/mol. The Morgan fingerprint density at radius 2 is 2.12 bits per heavy atom. The largest absolute Gasteiger partial charge is 0.358 e. The van der Waals surface area contributed by atoms with E-state index in [1.807, 2.05) is 0 Å². The second-order valence-corrected chi connectivity index (χ2v) is 6.17. The number of aromatic amines is 1. The molecule has 16 heavy (non-hydrogen) atoms. The average molecular weight is 341 g/mol. The first-order valence-electron chi connectivity index (χ1n) is 5.32. The highest BCUT2D eigenvalue weighted by molar-refractivity contribution is 9.11. The highest BCUT2D eigenvalue weighted by atomic mass is 79.9. The summed E-state index contributed by atoms with van der Waals surface area (Å²) in [6, 6.07) is 6.38. The van der Waals surface area contributed by atoms with E-state index < -0.39 is 0 Å². The fourth-order valence-electron chi connectivity index (χ4n) is 2.25. The molecular formula is C13H11Br2N. The molecule has 0 bridgehead atoms. The van der Waals surface area contributed by atoms with Gasteiger partial charge in [-0.05, 0) is 41.1 Å². The number of hydrogen-bond donors (Lipinski definition) is 1. The first-order chi connectivity index (χ1) is 7.65. The monoisotopic (exact) mass is 339 g/mol. The third-order valence-corrected chi connectivity index (χ3v) is 4.65. The number of hydrogen-bond acceptors (Lipinski definition) is 0. The number of rotatable bonds is 0.